The minimum absolute atomic E-state index is 0.00319. The smallest absolute Gasteiger partial charge is 0.383 e. The molecule has 0 atom stereocenters. The lowest BCUT2D eigenvalue weighted by Gasteiger charge is -1.96. The summed E-state index contributed by atoms with van der Waals surface area (Å²) in [5, 5.41) is 0.765. The summed E-state index contributed by atoms with van der Waals surface area (Å²) < 4.78 is 10.8. The van der Waals surface area contributed by atoms with Crippen molar-refractivity contribution in [3.63, 3.8) is 0 Å². The molecule has 0 saturated heterocycles. The third-order valence-electron chi connectivity index (χ3n) is 2.17. The van der Waals surface area contributed by atoms with Crippen LogP contribution in [0.5, 0.6) is 0 Å². The number of carbonyl (C=O) groups excluding carboxylic acids is 2. The molecule has 0 bridgehead atoms. The van der Waals surface area contributed by atoms with Gasteiger partial charge in [-0.25, -0.2) is 4.79 Å². The van der Waals surface area contributed by atoms with E-state index in [2.05, 4.69) is 20.7 Å². The first-order chi connectivity index (χ1) is 8.11. The molecule has 0 saturated carbocycles. The quantitative estimate of drug-likeness (QED) is 0.496. The molecule has 1 aromatic heterocycles. The number of benzene rings is 1. The number of ether oxygens (including phenoxy) is 1. The van der Waals surface area contributed by atoms with Crippen LogP contribution in [0.4, 0.5) is 0 Å². The predicted octanol–water partition coefficient (Wildman–Crippen LogP) is 2.94. The highest BCUT2D eigenvalue weighted by molar-refractivity contribution is 9.10. The first kappa shape index (κ1) is 11.9. The van der Waals surface area contributed by atoms with Crippen molar-refractivity contribution in [1.29, 1.82) is 0 Å². The highest BCUT2D eigenvalue weighted by Gasteiger charge is 2.21. The van der Waals surface area contributed by atoms with Crippen LogP contribution in [0.2, 0.25) is 0 Å². The van der Waals surface area contributed by atoms with E-state index in [1.807, 2.05) is 6.07 Å². The maximum absolute atomic E-state index is 11.6. The zero-order valence-electron chi connectivity index (χ0n) is 9.03. The Morgan fingerprint density at radius 3 is 2.82 bits per heavy atom. The molecular formula is C12H9BrO4. The van der Waals surface area contributed by atoms with Crippen LogP contribution in [-0.2, 0) is 9.53 Å². The molecule has 0 radical (unpaired) electrons. The summed E-state index contributed by atoms with van der Waals surface area (Å²) in [6.45, 7) is 1.80. The first-order valence-electron chi connectivity index (χ1n) is 5.02. The van der Waals surface area contributed by atoms with Gasteiger partial charge in [0.05, 0.1) is 6.61 Å². The summed E-state index contributed by atoms with van der Waals surface area (Å²) in [6, 6.07) is 6.89. The summed E-state index contributed by atoms with van der Waals surface area (Å²) in [5.41, 5.74) is 0.548. The Morgan fingerprint density at radius 1 is 1.35 bits per heavy atom. The summed E-state index contributed by atoms with van der Waals surface area (Å²) in [5.74, 6) is -1.67. The van der Waals surface area contributed by atoms with E-state index in [1.165, 1.54) is 6.07 Å². The molecule has 0 aliphatic heterocycles. The molecule has 0 amide bonds. The topological polar surface area (TPSA) is 56.5 Å². The van der Waals surface area contributed by atoms with Crippen LogP contribution < -0.4 is 0 Å². The van der Waals surface area contributed by atoms with Crippen molar-refractivity contribution in [1.82, 2.24) is 0 Å². The van der Waals surface area contributed by atoms with E-state index in [1.54, 1.807) is 19.1 Å². The normalized spacial score (nSPS) is 10.5. The second-order valence-corrected chi connectivity index (χ2v) is 4.26. The molecule has 0 fully saturated rings. The van der Waals surface area contributed by atoms with Gasteiger partial charge in [-0.2, -0.15) is 0 Å². The standard InChI is InChI=1S/C12H9BrO4/c1-2-16-12(15)11(14)10-5-7-3-4-8(13)6-9(7)17-10/h3-6H,2H2,1H3. The van der Waals surface area contributed by atoms with Gasteiger partial charge in [0.2, 0.25) is 0 Å². The summed E-state index contributed by atoms with van der Waals surface area (Å²) >= 11 is 3.30. The van der Waals surface area contributed by atoms with Gasteiger partial charge in [-0.15, -0.1) is 0 Å². The maximum Gasteiger partial charge on any atom is 0.383 e. The van der Waals surface area contributed by atoms with Crippen LogP contribution >= 0.6 is 15.9 Å². The summed E-state index contributed by atoms with van der Waals surface area (Å²) in [6.07, 6.45) is 0. The Bertz CT molecular complexity index is 585. The van der Waals surface area contributed by atoms with E-state index in [4.69, 9.17) is 4.42 Å². The summed E-state index contributed by atoms with van der Waals surface area (Å²) in [4.78, 5) is 22.9. The lowest BCUT2D eigenvalue weighted by Crippen LogP contribution is -2.16. The zero-order valence-corrected chi connectivity index (χ0v) is 10.6. The number of hydrogen-bond acceptors (Lipinski definition) is 4. The average Bonchev–Trinajstić information content (AvgIpc) is 2.71. The fraction of sp³-hybridized carbons (Fsp3) is 0.167. The van der Waals surface area contributed by atoms with Crippen molar-refractivity contribution < 1.29 is 18.7 Å². The number of rotatable bonds is 3. The number of ketones is 1. The first-order valence-corrected chi connectivity index (χ1v) is 5.81. The van der Waals surface area contributed by atoms with E-state index < -0.39 is 11.8 Å². The van der Waals surface area contributed by atoms with Gasteiger partial charge in [-0.3, -0.25) is 4.79 Å². The van der Waals surface area contributed by atoms with Crippen LogP contribution in [0, 0.1) is 0 Å². The number of Topliss-reactive ketones (excluding diaryl/α,β-unsaturated/α-hetero) is 1. The molecule has 0 spiro atoms. The highest BCUT2D eigenvalue weighted by atomic mass is 79.9. The molecule has 4 nitrogen and oxygen atoms in total. The molecule has 17 heavy (non-hydrogen) atoms. The molecular weight excluding hydrogens is 288 g/mol. The van der Waals surface area contributed by atoms with Crippen molar-refractivity contribution in [2.45, 2.75) is 6.92 Å². The minimum Gasteiger partial charge on any atom is -0.460 e. The number of carbonyl (C=O) groups is 2. The molecule has 88 valence electrons. The van der Waals surface area contributed by atoms with Crippen molar-refractivity contribution in [2.75, 3.05) is 6.61 Å². The second kappa shape index (κ2) is 4.71. The third-order valence-corrected chi connectivity index (χ3v) is 2.66. The number of hydrogen-bond donors (Lipinski definition) is 0. The van der Waals surface area contributed by atoms with Crippen molar-refractivity contribution >= 4 is 38.7 Å². The molecule has 0 N–H and O–H groups in total. The molecule has 2 rings (SSSR count). The Balaban J connectivity index is 2.36. The third kappa shape index (κ3) is 2.39. The number of fused-ring (bicyclic) bond motifs is 1. The number of furan rings is 1. The van der Waals surface area contributed by atoms with Gasteiger partial charge in [-0.1, -0.05) is 15.9 Å². The Morgan fingerprint density at radius 2 is 2.12 bits per heavy atom. The van der Waals surface area contributed by atoms with Gasteiger partial charge in [-0.05, 0) is 31.2 Å². The fourth-order valence-corrected chi connectivity index (χ4v) is 1.75. The van der Waals surface area contributed by atoms with Gasteiger partial charge in [0.1, 0.15) is 5.58 Å². The predicted molar refractivity (Wildman–Crippen MR) is 64.9 cm³/mol. The van der Waals surface area contributed by atoms with Gasteiger partial charge in [0, 0.05) is 9.86 Å². The fourth-order valence-electron chi connectivity index (χ4n) is 1.41. The molecule has 1 heterocycles. The van der Waals surface area contributed by atoms with Gasteiger partial charge >= 0.3 is 11.8 Å². The average molecular weight is 297 g/mol. The van der Waals surface area contributed by atoms with Crippen LogP contribution in [0.15, 0.2) is 33.2 Å². The SMILES string of the molecule is CCOC(=O)C(=O)c1cc2ccc(Br)cc2o1. The van der Waals surface area contributed by atoms with Crippen LogP contribution in [-0.4, -0.2) is 18.4 Å². The van der Waals surface area contributed by atoms with Gasteiger partial charge in [0.15, 0.2) is 5.76 Å². The lowest BCUT2D eigenvalue weighted by molar-refractivity contribution is -0.137. The largest absolute Gasteiger partial charge is 0.460 e. The highest BCUT2D eigenvalue weighted by Crippen LogP contribution is 2.23. The van der Waals surface area contributed by atoms with E-state index in [-0.39, 0.29) is 12.4 Å². The van der Waals surface area contributed by atoms with Crippen LogP contribution in [0.3, 0.4) is 0 Å². The van der Waals surface area contributed by atoms with E-state index in [9.17, 15) is 9.59 Å². The van der Waals surface area contributed by atoms with Gasteiger partial charge < -0.3 is 9.15 Å². The van der Waals surface area contributed by atoms with Gasteiger partial charge in [0.25, 0.3) is 0 Å². The van der Waals surface area contributed by atoms with E-state index in [0.717, 1.165) is 9.86 Å². The molecule has 0 unspecified atom stereocenters. The van der Waals surface area contributed by atoms with Crippen LogP contribution in [0.25, 0.3) is 11.0 Å². The minimum atomic E-state index is -0.898. The lowest BCUT2D eigenvalue weighted by atomic mass is 10.2. The van der Waals surface area contributed by atoms with Crippen molar-refractivity contribution in [2.24, 2.45) is 0 Å². The molecule has 1 aromatic carbocycles. The summed E-state index contributed by atoms with van der Waals surface area (Å²) in [7, 11) is 0. The second-order valence-electron chi connectivity index (χ2n) is 3.34. The monoisotopic (exact) mass is 296 g/mol. The molecule has 2 aromatic rings. The van der Waals surface area contributed by atoms with E-state index >= 15 is 0 Å². The van der Waals surface area contributed by atoms with E-state index in [0.29, 0.717) is 5.58 Å². The van der Waals surface area contributed by atoms with Crippen LogP contribution in [0.1, 0.15) is 17.5 Å². The number of esters is 1. The Hall–Kier alpha value is -1.62. The van der Waals surface area contributed by atoms with Crippen molar-refractivity contribution in [3.8, 4) is 0 Å². The molecule has 0 aliphatic rings. The van der Waals surface area contributed by atoms with Crippen molar-refractivity contribution in [3.05, 3.63) is 34.5 Å². The molecule has 5 heteroatoms. The Labute approximate surface area is 106 Å². The molecule has 0 aliphatic carbocycles. The Kier molecular flexibility index (Phi) is 3.28. The number of halogens is 1. The maximum atomic E-state index is 11.6. The zero-order chi connectivity index (χ0) is 12.4.